The molecule has 7 heteroatoms. The van der Waals surface area contributed by atoms with Crippen molar-refractivity contribution < 1.29 is 14.7 Å². The van der Waals surface area contributed by atoms with Crippen LogP contribution in [0, 0.1) is 5.92 Å². The number of likely N-dealkylation sites (tertiary alicyclic amines) is 2. The van der Waals surface area contributed by atoms with Gasteiger partial charge in [0.05, 0.1) is 0 Å². The van der Waals surface area contributed by atoms with Crippen molar-refractivity contribution in [3.63, 3.8) is 0 Å². The summed E-state index contributed by atoms with van der Waals surface area (Å²) in [5.74, 6) is -0.191. The van der Waals surface area contributed by atoms with Crippen LogP contribution in [0.3, 0.4) is 0 Å². The number of hydrogen-bond donors (Lipinski definition) is 1. The maximum absolute atomic E-state index is 12.2. The second-order valence-corrected chi connectivity index (χ2v) is 7.85. The molecule has 3 rings (SSSR count). The third kappa shape index (κ3) is 4.26. The van der Waals surface area contributed by atoms with Crippen LogP contribution >= 0.6 is 0 Å². The van der Waals surface area contributed by atoms with Gasteiger partial charge in [-0.3, -0.25) is 19.2 Å². The molecular formula is C19H30N4O3. The van der Waals surface area contributed by atoms with Crippen LogP contribution < -0.4 is 0 Å². The summed E-state index contributed by atoms with van der Waals surface area (Å²) < 4.78 is 1.63. The highest BCUT2D eigenvalue weighted by Crippen LogP contribution is 2.30. The minimum Gasteiger partial charge on any atom is -0.480 e. The quantitative estimate of drug-likeness (QED) is 0.864. The van der Waals surface area contributed by atoms with E-state index in [-0.39, 0.29) is 18.4 Å². The lowest BCUT2D eigenvalue weighted by Gasteiger charge is -2.42. The molecule has 2 aliphatic heterocycles. The second-order valence-electron chi connectivity index (χ2n) is 7.85. The van der Waals surface area contributed by atoms with Crippen LogP contribution in [-0.2, 0) is 16.1 Å². The third-order valence-electron chi connectivity index (χ3n) is 5.69. The first-order chi connectivity index (χ1) is 12.5. The van der Waals surface area contributed by atoms with Crippen molar-refractivity contribution in [1.29, 1.82) is 0 Å². The van der Waals surface area contributed by atoms with Gasteiger partial charge in [0.25, 0.3) is 0 Å². The number of piperidine rings is 2. The Kier molecular flexibility index (Phi) is 5.96. The van der Waals surface area contributed by atoms with Crippen LogP contribution in [0.25, 0.3) is 0 Å². The molecule has 0 saturated carbocycles. The molecule has 1 atom stereocenters. The number of nitrogens with zero attached hydrogens (tertiary/aromatic N) is 4. The first-order valence-electron chi connectivity index (χ1n) is 9.72. The van der Waals surface area contributed by atoms with Crippen molar-refractivity contribution in [3.8, 4) is 0 Å². The Hall–Kier alpha value is -1.89. The molecule has 0 bridgehead atoms. The highest BCUT2D eigenvalue weighted by molar-refractivity contribution is 5.78. The van der Waals surface area contributed by atoms with Gasteiger partial charge in [0.2, 0.25) is 5.91 Å². The van der Waals surface area contributed by atoms with E-state index < -0.39 is 5.97 Å². The molecule has 2 aliphatic rings. The van der Waals surface area contributed by atoms with E-state index in [4.69, 9.17) is 5.11 Å². The molecule has 1 aromatic heterocycles. The fraction of sp³-hybridized carbons (Fsp3) is 0.737. The minimum atomic E-state index is -0.857. The van der Waals surface area contributed by atoms with Crippen molar-refractivity contribution in [1.82, 2.24) is 19.6 Å². The SMILES string of the molecule is CC(C)C(=O)N1CCC(N2CCC[C@@H](c3ccnn3CC(=O)O)C2)CC1. The van der Waals surface area contributed by atoms with Gasteiger partial charge >= 0.3 is 5.97 Å². The van der Waals surface area contributed by atoms with Gasteiger partial charge in [0.1, 0.15) is 6.54 Å². The first-order valence-corrected chi connectivity index (χ1v) is 9.72. The number of rotatable bonds is 5. The predicted octanol–water partition coefficient (Wildman–Crippen LogP) is 1.79. The van der Waals surface area contributed by atoms with Crippen molar-refractivity contribution in [2.24, 2.45) is 5.92 Å². The van der Waals surface area contributed by atoms with Gasteiger partial charge in [0.15, 0.2) is 0 Å². The summed E-state index contributed by atoms with van der Waals surface area (Å²) in [4.78, 5) is 27.8. The molecule has 26 heavy (non-hydrogen) atoms. The van der Waals surface area contributed by atoms with Crippen LogP contribution in [0.4, 0.5) is 0 Å². The number of aliphatic carboxylic acids is 1. The molecule has 2 saturated heterocycles. The molecule has 2 fully saturated rings. The predicted molar refractivity (Wildman–Crippen MR) is 97.9 cm³/mol. The number of hydrogen-bond acceptors (Lipinski definition) is 4. The number of aromatic nitrogens is 2. The van der Waals surface area contributed by atoms with Crippen LogP contribution in [0.2, 0.25) is 0 Å². The standard InChI is InChI=1S/C19H30N4O3/c1-14(2)19(26)21-10-6-16(7-11-21)22-9-3-4-15(12-22)17-5-8-20-23(17)13-18(24)25/h5,8,14-16H,3-4,6-7,9-13H2,1-2H3,(H,24,25)/t15-/m1/s1. The number of carbonyl (C=O) groups is 2. The molecule has 144 valence electrons. The summed E-state index contributed by atoms with van der Waals surface area (Å²) in [6, 6.07) is 2.48. The fourth-order valence-corrected chi connectivity index (χ4v) is 4.35. The lowest BCUT2D eigenvalue weighted by atomic mass is 9.91. The fourth-order valence-electron chi connectivity index (χ4n) is 4.35. The zero-order valence-electron chi connectivity index (χ0n) is 15.8. The zero-order valence-corrected chi connectivity index (χ0v) is 15.8. The summed E-state index contributed by atoms with van der Waals surface area (Å²) in [6.45, 7) is 7.59. The van der Waals surface area contributed by atoms with Crippen molar-refractivity contribution in [3.05, 3.63) is 18.0 Å². The van der Waals surface area contributed by atoms with Gasteiger partial charge in [-0.05, 0) is 38.3 Å². The Bertz CT molecular complexity index is 634. The lowest BCUT2D eigenvalue weighted by Crippen LogP contribution is -2.50. The molecule has 7 nitrogen and oxygen atoms in total. The van der Waals surface area contributed by atoms with E-state index in [1.807, 2.05) is 24.8 Å². The van der Waals surface area contributed by atoms with Crippen LogP contribution in [0.5, 0.6) is 0 Å². The highest BCUT2D eigenvalue weighted by atomic mass is 16.4. The summed E-state index contributed by atoms with van der Waals surface area (Å²) in [5.41, 5.74) is 1.03. The number of amides is 1. The van der Waals surface area contributed by atoms with Crippen LogP contribution in [0.15, 0.2) is 12.3 Å². The van der Waals surface area contributed by atoms with E-state index in [9.17, 15) is 9.59 Å². The highest BCUT2D eigenvalue weighted by Gasteiger charge is 2.32. The van der Waals surface area contributed by atoms with Crippen LogP contribution in [0.1, 0.15) is 51.1 Å². The van der Waals surface area contributed by atoms with E-state index in [1.54, 1.807) is 10.9 Å². The number of carbonyl (C=O) groups excluding carboxylic acids is 1. The molecule has 3 heterocycles. The normalized spacial score (nSPS) is 22.7. The Balaban J connectivity index is 1.59. The van der Waals surface area contributed by atoms with Crippen LogP contribution in [-0.4, -0.2) is 68.8 Å². The smallest absolute Gasteiger partial charge is 0.325 e. The summed E-state index contributed by atoms with van der Waals surface area (Å²) in [6.07, 6.45) is 5.95. The molecule has 0 radical (unpaired) electrons. The van der Waals surface area contributed by atoms with E-state index in [1.165, 1.54) is 0 Å². The average Bonchev–Trinajstić information content (AvgIpc) is 3.08. The maximum atomic E-state index is 12.2. The number of carboxylic acid groups (broad SMARTS) is 1. The minimum absolute atomic E-state index is 0.0699. The van der Waals surface area contributed by atoms with Crippen molar-refractivity contribution in [2.75, 3.05) is 26.2 Å². The van der Waals surface area contributed by atoms with Gasteiger partial charge < -0.3 is 10.0 Å². The molecular weight excluding hydrogens is 332 g/mol. The molecule has 1 N–H and O–H groups in total. The van der Waals surface area contributed by atoms with Gasteiger partial charge in [-0.25, -0.2) is 0 Å². The monoisotopic (exact) mass is 362 g/mol. The van der Waals surface area contributed by atoms with Gasteiger partial charge in [-0.15, -0.1) is 0 Å². The Morgan fingerprint density at radius 3 is 2.62 bits per heavy atom. The second kappa shape index (κ2) is 8.20. The number of carboxylic acids is 1. The summed E-state index contributed by atoms with van der Waals surface area (Å²) in [7, 11) is 0. The molecule has 0 spiro atoms. The summed E-state index contributed by atoms with van der Waals surface area (Å²) in [5, 5.41) is 13.3. The van der Waals surface area contributed by atoms with E-state index in [0.29, 0.717) is 12.0 Å². The molecule has 0 unspecified atom stereocenters. The molecule has 0 aliphatic carbocycles. The Morgan fingerprint density at radius 1 is 1.23 bits per heavy atom. The molecule has 1 aromatic rings. The van der Waals surface area contributed by atoms with Crippen molar-refractivity contribution >= 4 is 11.9 Å². The largest absolute Gasteiger partial charge is 0.480 e. The Labute approximate surface area is 155 Å². The molecule has 1 amide bonds. The third-order valence-corrected chi connectivity index (χ3v) is 5.69. The lowest BCUT2D eigenvalue weighted by molar-refractivity contribution is -0.138. The van der Waals surface area contributed by atoms with E-state index >= 15 is 0 Å². The summed E-state index contributed by atoms with van der Waals surface area (Å²) >= 11 is 0. The molecule has 0 aromatic carbocycles. The average molecular weight is 362 g/mol. The van der Waals surface area contributed by atoms with E-state index in [0.717, 1.165) is 57.6 Å². The van der Waals surface area contributed by atoms with Crippen molar-refractivity contribution in [2.45, 2.75) is 58.0 Å². The Morgan fingerprint density at radius 2 is 1.96 bits per heavy atom. The van der Waals surface area contributed by atoms with Gasteiger partial charge in [0, 0.05) is 49.4 Å². The van der Waals surface area contributed by atoms with Gasteiger partial charge in [-0.2, -0.15) is 5.10 Å². The maximum Gasteiger partial charge on any atom is 0.325 e. The zero-order chi connectivity index (χ0) is 18.7. The first kappa shape index (κ1) is 18.9. The topological polar surface area (TPSA) is 78.7 Å². The van der Waals surface area contributed by atoms with Gasteiger partial charge in [-0.1, -0.05) is 13.8 Å². The van der Waals surface area contributed by atoms with E-state index in [2.05, 4.69) is 10.00 Å².